The number of hydrogen-bond acceptors (Lipinski definition) is 4. The van der Waals surface area contributed by atoms with Crippen LogP contribution in [0.5, 0.6) is 5.75 Å². The maximum Gasteiger partial charge on any atom is 0.259 e. The number of rotatable bonds is 7. The molecule has 7 heteroatoms. The van der Waals surface area contributed by atoms with Gasteiger partial charge in [0.25, 0.3) is 11.8 Å². The molecule has 0 aliphatic heterocycles. The van der Waals surface area contributed by atoms with Gasteiger partial charge in [-0.2, -0.15) is 5.10 Å². The van der Waals surface area contributed by atoms with Gasteiger partial charge in [-0.25, -0.2) is 5.43 Å². The smallest absolute Gasteiger partial charge is 0.259 e. The molecule has 25 heavy (non-hydrogen) atoms. The summed E-state index contributed by atoms with van der Waals surface area (Å²) in [6.45, 7) is 2.28. The average Bonchev–Trinajstić information content (AvgIpc) is 2.62. The zero-order valence-electron chi connectivity index (χ0n) is 13.7. The molecule has 0 unspecified atom stereocenters. The van der Waals surface area contributed by atoms with Gasteiger partial charge in [0.15, 0.2) is 0 Å². The summed E-state index contributed by atoms with van der Waals surface area (Å²) in [4.78, 5) is 23.7. The molecule has 0 fully saturated rings. The Morgan fingerprint density at radius 1 is 1.16 bits per heavy atom. The van der Waals surface area contributed by atoms with Crippen molar-refractivity contribution in [1.29, 1.82) is 0 Å². The highest BCUT2D eigenvalue weighted by atomic mass is 79.9. The minimum Gasteiger partial charge on any atom is -0.494 e. The van der Waals surface area contributed by atoms with Crippen LogP contribution >= 0.6 is 15.9 Å². The molecule has 0 saturated carbocycles. The lowest BCUT2D eigenvalue weighted by molar-refractivity contribution is -0.120. The van der Waals surface area contributed by atoms with Gasteiger partial charge in [-0.05, 0) is 37.3 Å². The van der Waals surface area contributed by atoms with Crippen LogP contribution in [-0.2, 0) is 4.79 Å². The van der Waals surface area contributed by atoms with Gasteiger partial charge in [-0.3, -0.25) is 9.59 Å². The number of benzene rings is 2. The Morgan fingerprint density at radius 2 is 1.88 bits per heavy atom. The summed E-state index contributed by atoms with van der Waals surface area (Å²) in [5, 5.41) is 6.40. The van der Waals surface area contributed by atoms with Crippen molar-refractivity contribution in [3.05, 3.63) is 64.1 Å². The van der Waals surface area contributed by atoms with E-state index >= 15 is 0 Å². The Hall–Kier alpha value is -2.67. The zero-order chi connectivity index (χ0) is 18.1. The highest BCUT2D eigenvalue weighted by Gasteiger charge is 2.07. The van der Waals surface area contributed by atoms with Crippen LogP contribution in [0.2, 0.25) is 0 Å². The first kappa shape index (κ1) is 18.7. The predicted molar refractivity (Wildman–Crippen MR) is 99.8 cm³/mol. The Kier molecular flexibility index (Phi) is 7.16. The summed E-state index contributed by atoms with van der Waals surface area (Å²) in [7, 11) is 0. The summed E-state index contributed by atoms with van der Waals surface area (Å²) in [5.41, 5.74) is 3.65. The molecule has 2 amide bonds. The molecular formula is C18H18BrN3O3. The second-order valence-corrected chi connectivity index (χ2v) is 5.81. The molecule has 0 atom stereocenters. The van der Waals surface area contributed by atoms with Crippen molar-refractivity contribution < 1.29 is 14.3 Å². The highest BCUT2D eigenvalue weighted by molar-refractivity contribution is 9.10. The highest BCUT2D eigenvalue weighted by Crippen LogP contribution is 2.13. The van der Waals surface area contributed by atoms with E-state index in [1.807, 2.05) is 31.2 Å². The van der Waals surface area contributed by atoms with Crippen LogP contribution < -0.4 is 15.5 Å². The van der Waals surface area contributed by atoms with Crippen molar-refractivity contribution in [2.45, 2.75) is 6.92 Å². The number of hydrogen-bond donors (Lipinski definition) is 2. The van der Waals surface area contributed by atoms with Crippen molar-refractivity contribution in [3.8, 4) is 5.75 Å². The number of nitrogens with zero attached hydrogens (tertiary/aromatic N) is 1. The van der Waals surface area contributed by atoms with Gasteiger partial charge in [-0.1, -0.05) is 34.1 Å². The molecule has 130 valence electrons. The third-order valence-corrected chi connectivity index (χ3v) is 3.86. The normalized spacial score (nSPS) is 10.5. The Bertz CT molecular complexity index is 760. The summed E-state index contributed by atoms with van der Waals surface area (Å²) < 4.78 is 6.18. The molecule has 2 aromatic carbocycles. The van der Waals surface area contributed by atoms with E-state index in [-0.39, 0.29) is 12.5 Å². The van der Waals surface area contributed by atoms with Crippen molar-refractivity contribution in [2.24, 2.45) is 5.10 Å². The maximum absolute atomic E-state index is 12.0. The van der Waals surface area contributed by atoms with Gasteiger partial charge in [0.1, 0.15) is 5.75 Å². The van der Waals surface area contributed by atoms with E-state index in [9.17, 15) is 9.59 Å². The fourth-order valence-electron chi connectivity index (χ4n) is 1.92. The first-order valence-electron chi connectivity index (χ1n) is 7.67. The molecule has 0 radical (unpaired) electrons. The lowest BCUT2D eigenvalue weighted by atomic mass is 10.2. The Labute approximate surface area is 154 Å². The predicted octanol–water partition coefficient (Wildman–Crippen LogP) is 2.73. The fraction of sp³-hybridized carbons (Fsp3) is 0.167. The minimum atomic E-state index is -0.414. The number of carbonyl (C=O) groups excluding carboxylic acids is 2. The van der Waals surface area contributed by atoms with Crippen molar-refractivity contribution in [1.82, 2.24) is 10.7 Å². The summed E-state index contributed by atoms with van der Waals surface area (Å²) in [5.74, 6) is -0.0613. The quantitative estimate of drug-likeness (QED) is 0.550. The number of hydrazone groups is 1. The molecule has 2 N–H and O–H groups in total. The number of amides is 2. The molecule has 2 rings (SSSR count). The molecule has 0 saturated heterocycles. The number of nitrogens with one attached hydrogen (secondary N) is 2. The van der Waals surface area contributed by atoms with Crippen LogP contribution in [0.4, 0.5) is 0 Å². The van der Waals surface area contributed by atoms with Crippen LogP contribution in [0, 0.1) is 0 Å². The van der Waals surface area contributed by atoms with Crippen molar-refractivity contribution in [3.63, 3.8) is 0 Å². The SMILES string of the molecule is CCOc1ccc(C(=O)NCC(=O)N/N=C/c2ccccc2Br)cc1. The Morgan fingerprint density at radius 3 is 2.56 bits per heavy atom. The van der Waals surface area contributed by atoms with Gasteiger partial charge in [0.2, 0.25) is 0 Å². The van der Waals surface area contributed by atoms with E-state index in [1.165, 1.54) is 6.21 Å². The molecule has 0 bridgehead atoms. The number of ether oxygens (including phenoxy) is 1. The molecule has 0 aliphatic carbocycles. The third kappa shape index (κ3) is 6.04. The second kappa shape index (κ2) is 9.58. The molecule has 0 spiro atoms. The van der Waals surface area contributed by atoms with Crippen molar-refractivity contribution >= 4 is 34.0 Å². The van der Waals surface area contributed by atoms with Gasteiger partial charge < -0.3 is 10.1 Å². The first-order valence-corrected chi connectivity index (χ1v) is 8.47. The largest absolute Gasteiger partial charge is 0.494 e. The standard InChI is InChI=1S/C18H18BrN3O3/c1-2-25-15-9-7-13(8-10-15)18(24)20-12-17(23)22-21-11-14-5-3-4-6-16(14)19/h3-11H,2,12H2,1H3,(H,20,24)(H,22,23)/b21-11+. The van der Waals surface area contributed by atoms with E-state index in [2.05, 4.69) is 31.8 Å². The summed E-state index contributed by atoms with van der Waals surface area (Å²) in [6, 6.07) is 14.2. The average molecular weight is 404 g/mol. The lowest BCUT2D eigenvalue weighted by Crippen LogP contribution is -2.34. The van der Waals surface area contributed by atoms with E-state index in [1.54, 1.807) is 24.3 Å². The second-order valence-electron chi connectivity index (χ2n) is 4.95. The number of carbonyl (C=O) groups is 2. The van der Waals surface area contributed by atoms with E-state index in [0.29, 0.717) is 17.9 Å². The van der Waals surface area contributed by atoms with Crippen LogP contribution in [0.1, 0.15) is 22.8 Å². The van der Waals surface area contributed by atoms with E-state index in [4.69, 9.17) is 4.74 Å². The molecule has 0 aliphatic rings. The van der Waals surface area contributed by atoms with Gasteiger partial charge in [0.05, 0.1) is 19.4 Å². The molecule has 0 heterocycles. The van der Waals surface area contributed by atoms with Gasteiger partial charge in [0, 0.05) is 15.6 Å². The van der Waals surface area contributed by atoms with Crippen molar-refractivity contribution in [2.75, 3.05) is 13.2 Å². The monoisotopic (exact) mass is 403 g/mol. The summed E-state index contributed by atoms with van der Waals surface area (Å²) >= 11 is 3.38. The molecule has 2 aromatic rings. The van der Waals surface area contributed by atoms with E-state index in [0.717, 1.165) is 10.0 Å². The minimum absolute atomic E-state index is 0.167. The van der Waals surface area contributed by atoms with Gasteiger partial charge >= 0.3 is 0 Å². The lowest BCUT2D eigenvalue weighted by Gasteiger charge is -2.06. The molecule has 6 nitrogen and oxygen atoms in total. The number of halogens is 1. The molecule has 0 aromatic heterocycles. The zero-order valence-corrected chi connectivity index (χ0v) is 15.2. The molecular weight excluding hydrogens is 386 g/mol. The Balaban J connectivity index is 1.79. The maximum atomic E-state index is 12.0. The van der Waals surface area contributed by atoms with Crippen LogP contribution in [-0.4, -0.2) is 31.2 Å². The topological polar surface area (TPSA) is 79.8 Å². The van der Waals surface area contributed by atoms with Crippen LogP contribution in [0.3, 0.4) is 0 Å². The fourth-order valence-corrected chi connectivity index (χ4v) is 2.31. The third-order valence-electron chi connectivity index (χ3n) is 3.14. The van der Waals surface area contributed by atoms with Gasteiger partial charge in [-0.15, -0.1) is 0 Å². The first-order chi connectivity index (χ1) is 12.1. The van der Waals surface area contributed by atoms with Crippen LogP contribution in [0.15, 0.2) is 58.1 Å². The summed E-state index contributed by atoms with van der Waals surface area (Å²) in [6.07, 6.45) is 1.52. The van der Waals surface area contributed by atoms with Crippen LogP contribution in [0.25, 0.3) is 0 Å². The van der Waals surface area contributed by atoms with E-state index < -0.39 is 5.91 Å².